The van der Waals surface area contributed by atoms with Crippen molar-refractivity contribution in [1.82, 2.24) is 0 Å². The zero-order valence-corrected chi connectivity index (χ0v) is 13.9. The number of hydrogen-bond donors (Lipinski definition) is 1. The van der Waals surface area contributed by atoms with Gasteiger partial charge in [0.1, 0.15) is 0 Å². The summed E-state index contributed by atoms with van der Waals surface area (Å²) < 4.78 is 1.05. The summed E-state index contributed by atoms with van der Waals surface area (Å²) in [6.07, 6.45) is 6.31. The predicted molar refractivity (Wildman–Crippen MR) is 86.5 cm³/mol. The number of benzene rings is 1. The zero-order valence-electron chi connectivity index (χ0n) is 11.5. The van der Waals surface area contributed by atoms with Crippen molar-refractivity contribution in [3.05, 3.63) is 33.3 Å². The largest absolute Gasteiger partial charge is 0.330 e. The average Bonchev–Trinajstić information content (AvgIpc) is 2.41. The lowest BCUT2D eigenvalue weighted by atomic mass is 9.71. The first kappa shape index (κ1) is 15.3. The smallest absolute Gasteiger partial charge is 0.0449 e. The maximum Gasteiger partial charge on any atom is 0.0449 e. The number of hydrogen-bond acceptors (Lipinski definition) is 1. The van der Waals surface area contributed by atoms with Crippen LogP contribution in [0.25, 0.3) is 0 Å². The molecule has 0 radical (unpaired) electrons. The van der Waals surface area contributed by atoms with Gasteiger partial charge in [-0.1, -0.05) is 53.4 Å². The van der Waals surface area contributed by atoms with E-state index in [0.29, 0.717) is 11.8 Å². The lowest BCUT2D eigenvalue weighted by molar-refractivity contribution is 0.180. The molecule has 3 atom stereocenters. The molecule has 1 nitrogen and oxygen atoms in total. The van der Waals surface area contributed by atoms with Gasteiger partial charge in [0.05, 0.1) is 0 Å². The minimum absolute atomic E-state index is 0.669. The first-order valence-electron chi connectivity index (χ1n) is 7.28. The Labute approximate surface area is 130 Å². The van der Waals surface area contributed by atoms with E-state index in [0.717, 1.165) is 28.4 Å². The van der Waals surface area contributed by atoms with E-state index in [-0.39, 0.29) is 0 Å². The van der Waals surface area contributed by atoms with Crippen LogP contribution in [0.1, 0.15) is 38.2 Å². The second-order valence-electron chi connectivity index (χ2n) is 5.78. The van der Waals surface area contributed by atoms with Crippen molar-refractivity contribution < 1.29 is 0 Å². The highest BCUT2D eigenvalue weighted by atomic mass is 79.9. The molecule has 0 amide bonds. The van der Waals surface area contributed by atoms with Gasteiger partial charge in [0.15, 0.2) is 0 Å². The number of halogens is 2. The Hall–Kier alpha value is -0.0500. The molecule has 2 N–H and O–H groups in total. The van der Waals surface area contributed by atoms with Gasteiger partial charge in [-0.2, -0.15) is 0 Å². The summed E-state index contributed by atoms with van der Waals surface area (Å²) in [5, 5.41) is 0.878. The molecule has 0 saturated heterocycles. The molecule has 0 aromatic heterocycles. The Balaban J connectivity index is 2.09. The van der Waals surface area contributed by atoms with Crippen molar-refractivity contribution in [3.8, 4) is 0 Å². The Kier molecular flexibility index (Phi) is 5.73. The first-order chi connectivity index (χ1) is 9.13. The molecule has 0 bridgehead atoms. The van der Waals surface area contributed by atoms with Crippen molar-refractivity contribution in [2.75, 3.05) is 6.54 Å². The van der Waals surface area contributed by atoms with Gasteiger partial charge in [-0.15, -0.1) is 0 Å². The van der Waals surface area contributed by atoms with Crippen molar-refractivity contribution in [2.24, 2.45) is 23.5 Å². The predicted octanol–water partition coefficient (Wildman–Crippen LogP) is 5.05. The Morgan fingerprint density at radius 1 is 1.32 bits per heavy atom. The molecule has 1 aromatic rings. The average molecular weight is 345 g/mol. The monoisotopic (exact) mass is 343 g/mol. The SMILES string of the molecule is CCC1CCC(CN)C(Cc2ccc(Br)cc2Cl)C1. The van der Waals surface area contributed by atoms with Gasteiger partial charge >= 0.3 is 0 Å². The van der Waals surface area contributed by atoms with Crippen LogP contribution in [0.5, 0.6) is 0 Å². The van der Waals surface area contributed by atoms with E-state index >= 15 is 0 Å². The van der Waals surface area contributed by atoms with Crippen LogP contribution in [0, 0.1) is 17.8 Å². The lowest BCUT2D eigenvalue weighted by Gasteiger charge is -2.35. The molecule has 0 aliphatic heterocycles. The van der Waals surface area contributed by atoms with Crippen LogP contribution in [-0.2, 0) is 6.42 Å². The van der Waals surface area contributed by atoms with Crippen molar-refractivity contribution in [3.63, 3.8) is 0 Å². The first-order valence-corrected chi connectivity index (χ1v) is 8.45. The quantitative estimate of drug-likeness (QED) is 0.813. The van der Waals surface area contributed by atoms with Gasteiger partial charge in [0, 0.05) is 9.50 Å². The molecule has 3 unspecified atom stereocenters. The van der Waals surface area contributed by atoms with Crippen LogP contribution in [0.15, 0.2) is 22.7 Å². The van der Waals surface area contributed by atoms with Crippen LogP contribution >= 0.6 is 27.5 Å². The highest BCUT2D eigenvalue weighted by Gasteiger charge is 2.29. The standard InChI is InChI=1S/C16H23BrClN/c1-2-11-3-4-13(10-19)14(7-11)8-12-5-6-15(17)9-16(12)18/h5-6,9,11,13-14H,2-4,7-8,10,19H2,1H3. The second kappa shape index (κ2) is 7.10. The molecule has 0 spiro atoms. The third-order valence-electron chi connectivity index (χ3n) is 4.63. The van der Waals surface area contributed by atoms with E-state index in [2.05, 4.69) is 35.0 Å². The lowest BCUT2D eigenvalue weighted by Crippen LogP contribution is -2.31. The van der Waals surface area contributed by atoms with Crippen molar-refractivity contribution >= 4 is 27.5 Å². The van der Waals surface area contributed by atoms with E-state index in [1.54, 1.807) is 0 Å². The maximum atomic E-state index is 6.35. The van der Waals surface area contributed by atoms with Crippen molar-refractivity contribution in [1.29, 1.82) is 0 Å². The van der Waals surface area contributed by atoms with Gasteiger partial charge in [-0.3, -0.25) is 0 Å². The van der Waals surface area contributed by atoms with Crippen LogP contribution in [0.4, 0.5) is 0 Å². The zero-order chi connectivity index (χ0) is 13.8. The molecule has 1 aliphatic carbocycles. The highest BCUT2D eigenvalue weighted by molar-refractivity contribution is 9.10. The molecule has 1 fully saturated rings. The highest BCUT2D eigenvalue weighted by Crippen LogP contribution is 2.38. The Bertz CT molecular complexity index is 421. The fourth-order valence-corrected chi connectivity index (χ4v) is 4.08. The minimum Gasteiger partial charge on any atom is -0.330 e. The van der Waals surface area contributed by atoms with E-state index in [1.807, 2.05) is 6.07 Å². The van der Waals surface area contributed by atoms with Crippen LogP contribution in [0.3, 0.4) is 0 Å². The van der Waals surface area contributed by atoms with Crippen LogP contribution < -0.4 is 5.73 Å². The Morgan fingerprint density at radius 2 is 2.11 bits per heavy atom. The fraction of sp³-hybridized carbons (Fsp3) is 0.625. The molecule has 19 heavy (non-hydrogen) atoms. The summed E-state index contributed by atoms with van der Waals surface area (Å²) in [6, 6.07) is 6.23. The molecular weight excluding hydrogens is 322 g/mol. The third kappa shape index (κ3) is 3.96. The summed E-state index contributed by atoms with van der Waals surface area (Å²) in [7, 11) is 0. The summed E-state index contributed by atoms with van der Waals surface area (Å²) in [4.78, 5) is 0. The van der Waals surface area contributed by atoms with Gasteiger partial charge in [0.2, 0.25) is 0 Å². The van der Waals surface area contributed by atoms with Gasteiger partial charge in [-0.05, 0) is 61.3 Å². The molecule has 1 saturated carbocycles. The van der Waals surface area contributed by atoms with Gasteiger partial charge in [-0.25, -0.2) is 0 Å². The molecular formula is C16H23BrClN. The normalized spacial score (nSPS) is 27.5. The topological polar surface area (TPSA) is 26.0 Å². The van der Waals surface area contributed by atoms with E-state index in [1.165, 1.54) is 31.2 Å². The second-order valence-corrected chi connectivity index (χ2v) is 7.11. The van der Waals surface area contributed by atoms with Gasteiger partial charge in [0.25, 0.3) is 0 Å². The summed E-state index contributed by atoms with van der Waals surface area (Å²) in [5.41, 5.74) is 7.22. The minimum atomic E-state index is 0.669. The summed E-state index contributed by atoms with van der Waals surface area (Å²) in [6.45, 7) is 3.12. The molecule has 0 heterocycles. The van der Waals surface area contributed by atoms with Crippen LogP contribution in [-0.4, -0.2) is 6.54 Å². The number of nitrogens with two attached hydrogens (primary N) is 1. The molecule has 1 aromatic carbocycles. The third-order valence-corrected chi connectivity index (χ3v) is 5.47. The molecule has 106 valence electrons. The van der Waals surface area contributed by atoms with E-state index < -0.39 is 0 Å². The molecule has 3 heteroatoms. The molecule has 1 aliphatic rings. The van der Waals surface area contributed by atoms with Gasteiger partial charge < -0.3 is 5.73 Å². The van der Waals surface area contributed by atoms with E-state index in [9.17, 15) is 0 Å². The Morgan fingerprint density at radius 3 is 2.74 bits per heavy atom. The summed E-state index contributed by atoms with van der Waals surface area (Å²) >= 11 is 9.81. The van der Waals surface area contributed by atoms with E-state index in [4.69, 9.17) is 17.3 Å². The van der Waals surface area contributed by atoms with Crippen molar-refractivity contribution in [2.45, 2.75) is 39.0 Å². The molecule has 2 rings (SSSR count). The number of rotatable bonds is 4. The maximum absolute atomic E-state index is 6.35. The van der Waals surface area contributed by atoms with Crippen LogP contribution in [0.2, 0.25) is 5.02 Å². The fourth-order valence-electron chi connectivity index (χ4n) is 3.32. The summed E-state index contributed by atoms with van der Waals surface area (Å²) in [5.74, 6) is 2.24.